The van der Waals surface area contributed by atoms with Crippen LogP contribution in [0.4, 0.5) is 4.79 Å². The van der Waals surface area contributed by atoms with E-state index < -0.39 is 5.97 Å². The van der Waals surface area contributed by atoms with Gasteiger partial charge >= 0.3 is 12.0 Å². The summed E-state index contributed by atoms with van der Waals surface area (Å²) in [6, 6.07) is -0.263. The van der Waals surface area contributed by atoms with Crippen LogP contribution in [-0.2, 0) is 17.8 Å². The number of carbonyl (C=O) groups excluding carboxylic acids is 1. The maximum atomic E-state index is 12.2. The molecule has 0 radical (unpaired) electrons. The molecule has 1 heterocycles. The fraction of sp³-hybridized carbons (Fsp3) is 0.643. The Morgan fingerprint density at radius 3 is 2.76 bits per heavy atom. The monoisotopic (exact) mass is 311 g/mol. The van der Waals surface area contributed by atoms with Gasteiger partial charge in [0, 0.05) is 17.1 Å². The number of hydrogen-bond donors (Lipinski definition) is 2. The Bertz CT molecular complexity index is 497. The highest BCUT2D eigenvalue weighted by Gasteiger charge is 2.28. The smallest absolute Gasteiger partial charge is 0.323 e. The van der Waals surface area contributed by atoms with Crippen LogP contribution in [0.25, 0.3) is 0 Å². The molecule has 1 aromatic rings. The van der Waals surface area contributed by atoms with E-state index in [1.165, 1.54) is 9.78 Å². The van der Waals surface area contributed by atoms with Crippen molar-refractivity contribution in [1.82, 2.24) is 15.2 Å². The van der Waals surface area contributed by atoms with Gasteiger partial charge in [-0.3, -0.25) is 4.79 Å². The molecule has 0 atom stereocenters. The van der Waals surface area contributed by atoms with Crippen LogP contribution in [0.3, 0.4) is 0 Å². The fourth-order valence-corrected chi connectivity index (χ4v) is 3.38. The Balaban J connectivity index is 1.92. The number of thiazole rings is 1. The maximum Gasteiger partial charge on any atom is 0.323 e. The van der Waals surface area contributed by atoms with Gasteiger partial charge in [0.05, 0.1) is 6.54 Å². The summed E-state index contributed by atoms with van der Waals surface area (Å²) in [4.78, 5) is 30.1. The van der Waals surface area contributed by atoms with Crippen LogP contribution in [0.2, 0.25) is 0 Å². The molecular formula is C14H21N3O3S. The number of rotatable bonds is 6. The van der Waals surface area contributed by atoms with Crippen LogP contribution in [0.15, 0.2) is 6.20 Å². The van der Waals surface area contributed by atoms with E-state index in [0.29, 0.717) is 6.54 Å². The molecular weight excluding hydrogens is 290 g/mol. The fourth-order valence-electron chi connectivity index (χ4n) is 2.57. The number of amides is 2. The normalized spacial score (nSPS) is 15.1. The van der Waals surface area contributed by atoms with E-state index in [-0.39, 0.29) is 18.6 Å². The van der Waals surface area contributed by atoms with Crippen molar-refractivity contribution >= 4 is 23.3 Å². The van der Waals surface area contributed by atoms with E-state index >= 15 is 0 Å². The van der Waals surface area contributed by atoms with Crippen LogP contribution in [0.1, 0.15) is 42.5 Å². The van der Waals surface area contributed by atoms with Gasteiger partial charge in [0.15, 0.2) is 0 Å². The molecule has 1 aliphatic rings. The van der Waals surface area contributed by atoms with Gasteiger partial charge in [-0.1, -0.05) is 19.8 Å². The van der Waals surface area contributed by atoms with Crippen molar-refractivity contribution in [3.05, 3.63) is 16.1 Å². The number of carboxylic acids is 1. The van der Waals surface area contributed by atoms with Crippen LogP contribution in [0.5, 0.6) is 0 Å². The zero-order valence-corrected chi connectivity index (χ0v) is 13.0. The van der Waals surface area contributed by atoms with Crippen molar-refractivity contribution in [2.75, 3.05) is 6.54 Å². The first kappa shape index (κ1) is 15.8. The summed E-state index contributed by atoms with van der Waals surface area (Å²) in [6.45, 7) is 2.17. The molecule has 0 spiro atoms. The molecule has 0 bridgehead atoms. The van der Waals surface area contributed by atoms with Gasteiger partial charge in [-0.2, -0.15) is 0 Å². The number of urea groups is 1. The van der Waals surface area contributed by atoms with E-state index in [1.807, 2.05) is 6.20 Å². The van der Waals surface area contributed by atoms with Crippen LogP contribution < -0.4 is 5.32 Å². The van der Waals surface area contributed by atoms with Crippen molar-refractivity contribution in [3.8, 4) is 0 Å². The van der Waals surface area contributed by atoms with Crippen molar-refractivity contribution < 1.29 is 14.7 Å². The second-order valence-electron chi connectivity index (χ2n) is 5.19. The average molecular weight is 311 g/mol. The highest BCUT2D eigenvalue weighted by molar-refractivity contribution is 7.11. The third-order valence-electron chi connectivity index (χ3n) is 3.67. The molecule has 2 N–H and O–H groups in total. The molecule has 2 amide bonds. The lowest BCUT2D eigenvalue weighted by Gasteiger charge is -2.27. The predicted molar refractivity (Wildman–Crippen MR) is 80.3 cm³/mol. The van der Waals surface area contributed by atoms with Crippen LogP contribution in [0, 0.1) is 0 Å². The molecule has 1 aromatic heterocycles. The molecule has 0 aliphatic heterocycles. The summed E-state index contributed by atoms with van der Waals surface area (Å²) < 4.78 is 0. The summed E-state index contributed by atoms with van der Waals surface area (Å²) in [5.74, 6) is -0.973. The molecule has 0 saturated heterocycles. The van der Waals surface area contributed by atoms with E-state index in [4.69, 9.17) is 5.11 Å². The third-order valence-corrected chi connectivity index (χ3v) is 4.81. The molecule has 116 valence electrons. The Morgan fingerprint density at radius 1 is 1.48 bits per heavy atom. The molecule has 2 rings (SSSR count). The summed E-state index contributed by atoms with van der Waals surface area (Å²) >= 11 is 1.57. The second kappa shape index (κ2) is 7.40. The van der Waals surface area contributed by atoms with Crippen LogP contribution >= 0.6 is 11.3 Å². The lowest BCUT2D eigenvalue weighted by atomic mass is 10.2. The second-order valence-corrected chi connectivity index (χ2v) is 6.39. The largest absolute Gasteiger partial charge is 0.480 e. The maximum absolute atomic E-state index is 12.2. The minimum Gasteiger partial charge on any atom is -0.480 e. The lowest BCUT2D eigenvalue weighted by molar-refractivity contribution is -0.138. The van der Waals surface area contributed by atoms with Crippen molar-refractivity contribution in [1.29, 1.82) is 0 Å². The summed E-state index contributed by atoms with van der Waals surface area (Å²) in [5.41, 5.74) is 0. The molecule has 0 aromatic carbocycles. The standard InChI is InChI=1S/C14H21N3O3S/c1-2-11-7-15-12(21-11)8-16-14(20)17(9-13(18)19)10-5-3-4-6-10/h7,10H,2-6,8-9H2,1H3,(H,16,20)(H,18,19). The quantitative estimate of drug-likeness (QED) is 0.844. The third kappa shape index (κ3) is 4.42. The minimum atomic E-state index is -0.973. The summed E-state index contributed by atoms with van der Waals surface area (Å²) in [7, 11) is 0. The number of carbonyl (C=O) groups is 2. The average Bonchev–Trinajstić information content (AvgIpc) is 3.12. The molecule has 21 heavy (non-hydrogen) atoms. The van der Waals surface area contributed by atoms with Crippen molar-refractivity contribution in [2.24, 2.45) is 0 Å². The number of nitrogens with zero attached hydrogens (tertiary/aromatic N) is 2. The number of hydrogen-bond acceptors (Lipinski definition) is 4. The molecule has 1 saturated carbocycles. The van der Waals surface area contributed by atoms with Gasteiger partial charge in [0.25, 0.3) is 0 Å². The Morgan fingerprint density at radius 2 is 2.19 bits per heavy atom. The van der Waals surface area contributed by atoms with Gasteiger partial charge in [-0.05, 0) is 19.3 Å². The number of aliphatic carboxylic acids is 1. The number of aromatic nitrogens is 1. The first-order valence-electron chi connectivity index (χ1n) is 7.30. The summed E-state index contributed by atoms with van der Waals surface area (Å²) in [5, 5.41) is 12.6. The van der Waals surface area contributed by atoms with Crippen LogP contribution in [-0.4, -0.2) is 39.6 Å². The predicted octanol–water partition coefficient (Wildman–Crippen LogP) is 2.24. The van der Waals surface area contributed by atoms with Gasteiger partial charge < -0.3 is 15.3 Å². The lowest BCUT2D eigenvalue weighted by Crippen LogP contribution is -2.47. The first-order valence-corrected chi connectivity index (χ1v) is 8.11. The zero-order valence-electron chi connectivity index (χ0n) is 12.2. The van der Waals surface area contributed by atoms with Gasteiger partial charge in [-0.25, -0.2) is 9.78 Å². The molecule has 0 unspecified atom stereocenters. The van der Waals surface area contributed by atoms with Gasteiger partial charge in [-0.15, -0.1) is 11.3 Å². The van der Waals surface area contributed by atoms with Gasteiger partial charge in [0.1, 0.15) is 11.6 Å². The molecule has 7 heteroatoms. The Hall–Kier alpha value is -1.63. The van der Waals surface area contributed by atoms with E-state index in [1.54, 1.807) is 11.3 Å². The van der Waals surface area contributed by atoms with E-state index in [9.17, 15) is 9.59 Å². The van der Waals surface area contributed by atoms with E-state index in [2.05, 4.69) is 17.2 Å². The Labute approximate surface area is 128 Å². The molecule has 1 fully saturated rings. The van der Waals surface area contributed by atoms with Gasteiger partial charge in [0.2, 0.25) is 0 Å². The number of carboxylic acid groups (broad SMARTS) is 1. The highest BCUT2D eigenvalue weighted by atomic mass is 32.1. The van der Waals surface area contributed by atoms with E-state index in [0.717, 1.165) is 37.1 Å². The molecule has 1 aliphatic carbocycles. The highest BCUT2D eigenvalue weighted by Crippen LogP contribution is 2.23. The topological polar surface area (TPSA) is 82.5 Å². The summed E-state index contributed by atoms with van der Waals surface area (Å²) in [6.07, 6.45) is 6.63. The Kier molecular flexibility index (Phi) is 5.55. The SMILES string of the molecule is CCc1cnc(CNC(=O)N(CC(=O)O)C2CCCC2)s1. The van der Waals surface area contributed by atoms with Crippen molar-refractivity contribution in [3.63, 3.8) is 0 Å². The first-order chi connectivity index (χ1) is 10.1. The minimum absolute atomic E-state index is 0.0450. The molecule has 6 nitrogen and oxygen atoms in total. The number of aryl methyl sites for hydroxylation is 1. The van der Waals surface area contributed by atoms with Crippen molar-refractivity contribution in [2.45, 2.75) is 51.6 Å². The zero-order chi connectivity index (χ0) is 15.2. The number of nitrogens with one attached hydrogen (secondary N) is 1.